The second kappa shape index (κ2) is 6.41. The predicted octanol–water partition coefficient (Wildman–Crippen LogP) is 2.31. The summed E-state index contributed by atoms with van der Waals surface area (Å²) in [6, 6.07) is 6.79. The first kappa shape index (κ1) is 14.4. The lowest BCUT2D eigenvalue weighted by molar-refractivity contribution is -0.127. The minimum absolute atomic E-state index is 0.149. The number of benzene rings is 1. The summed E-state index contributed by atoms with van der Waals surface area (Å²) >= 11 is 0. The van der Waals surface area contributed by atoms with Crippen LogP contribution in [0.25, 0.3) is 0 Å². The SMILES string of the molecule is CCCOc1ccc(CN2C(=O)N[C@@H](CC)C2=O)cc1. The molecule has 0 radical (unpaired) electrons. The maximum absolute atomic E-state index is 12.0. The third kappa shape index (κ3) is 3.10. The lowest BCUT2D eigenvalue weighted by atomic mass is 10.2. The van der Waals surface area contributed by atoms with Crippen LogP contribution in [0.4, 0.5) is 4.79 Å². The molecule has 1 atom stereocenters. The van der Waals surface area contributed by atoms with Crippen LogP contribution in [0.3, 0.4) is 0 Å². The second-order valence-electron chi connectivity index (χ2n) is 4.83. The van der Waals surface area contributed by atoms with Gasteiger partial charge in [-0.05, 0) is 30.5 Å². The third-order valence-corrected chi connectivity index (χ3v) is 3.25. The molecule has 0 bridgehead atoms. The summed E-state index contributed by atoms with van der Waals surface area (Å²) in [5, 5.41) is 2.68. The lowest BCUT2D eigenvalue weighted by Gasteiger charge is -2.13. The van der Waals surface area contributed by atoms with Crippen molar-refractivity contribution in [2.75, 3.05) is 6.61 Å². The van der Waals surface area contributed by atoms with Crippen LogP contribution in [0, 0.1) is 0 Å². The highest BCUT2D eigenvalue weighted by Crippen LogP contribution is 2.17. The van der Waals surface area contributed by atoms with E-state index in [1.807, 2.05) is 31.2 Å². The van der Waals surface area contributed by atoms with Crippen molar-refractivity contribution in [1.29, 1.82) is 0 Å². The second-order valence-corrected chi connectivity index (χ2v) is 4.83. The molecular formula is C15H20N2O3. The highest BCUT2D eigenvalue weighted by Gasteiger charge is 2.36. The van der Waals surface area contributed by atoms with Crippen molar-refractivity contribution in [2.45, 2.75) is 39.3 Å². The normalized spacial score (nSPS) is 18.3. The van der Waals surface area contributed by atoms with Crippen LogP contribution in [-0.4, -0.2) is 29.5 Å². The van der Waals surface area contributed by atoms with Crippen LogP contribution >= 0.6 is 0 Å². The molecule has 0 aliphatic carbocycles. The van der Waals surface area contributed by atoms with Gasteiger partial charge in [-0.2, -0.15) is 0 Å². The van der Waals surface area contributed by atoms with Crippen molar-refractivity contribution in [2.24, 2.45) is 0 Å². The standard InChI is InChI=1S/C15H20N2O3/c1-3-9-20-12-7-5-11(6-8-12)10-17-14(18)13(4-2)16-15(17)19/h5-8,13H,3-4,9-10H2,1-2H3,(H,16,19)/t13-/m0/s1. The van der Waals surface area contributed by atoms with Crippen LogP contribution in [0.1, 0.15) is 32.3 Å². The van der Waals surface area contributed by atoms with Crippen LogP contribution < -0.4 is 10.1 Å². The number of nitrogens with zero attached hydrogens (tertiary/aromatic N) is 1. The molecular weight excluding hydrogens is 256 g/mol. The van der Waals surface area contributed by atoms with E-state index < -0.39 is 0 Å². The molecule has 20 heavy (non-hydrogen) atoms. The van der Waals surface area contributed by atoms with Crippen molar-refractivity contribution < 1.29 is 14.3 Å². The summed E-state index contributed by atoms with van der Waals surface area (Å²) < 4.78 is 5.50. The molecule has 0 unspecified atom stereocenters. The summed E-state index contributed by atoms with van der Waals surface area (Å²) in [5.74, 6) is 0.656. The Morgan fingerprint density at radius 1 is 1.20 bits per heavy atom. The van der Waals surface area contributed by atoms with E-state index in [0.717, 1.165) is 17.7 Å². The predicted molar refractivity (Wildman–Crippen MR) is 75.4 cm³/mol. The number of rotatable bonds is 6. The maximum atomic E-state index is 12.0. The molecule has 108 valence electrons. The molecule has 1 fully saturated rings. The first-order chi connectivity index (χ1) is 9.65. The minimum atomic E-state index is -0.380. The van der Waals surface area contributed by atoms with Gasteiger partial charge in [0.1, 0.15) is 11.8 Å². The molecule has 1 aromatic carbocycles. The number of carbonyl (C=O) groups is 2. The smallest absolute Gasteiger partial charge is 0.325 e. The number of nitrogens with one attached hydrogen (secondary N) is 1. The summed E-state index contributed by atoms with van der Waals surface area (Å²) in [6.45, 7) is 4.92. The van der Waals surface area contributed by atoms with Gasteiger partial charge in [0.05, 0.1) is 13.2 Å². The summed E-state index contributed by atoms with van der Waals surface area (Å²) in [4.78, 5) is 25.0. The zero-order valence-electron chi connectivity index (χ0n) is 11.9. The highest BCUT2D eigenvalue weighted by atomic mass is 16.5. The number of amides is 3. The van der Waals surface area contributed by atoms with Crippen LogP contribution in [0.2, 0.25) is 0 Å². The van der Waals surface area contributed by atoms with E-state index in [4.69, 9.17) is 4.74 Å². The molecule has 1 saturated heterocycles. The molecule has 5 heteroatoms. The average molecular weight is 276 g/mol. The van der Waals surface area contributed by atoms with E-state index in [2.05, 4.69) is 12.2 Å². The molecule has 1 aliphatic rings. The van der Waals surface area contributed by atoms with Gasteiger partial charge in [-0.25, -0.2) is 4.79 Å². The number of urea groups is 1. The maximum Gasteiger partial charge on any atom is 0.325 e. The number of carbonyl (C=O) groups excluding carboxylic acids is 2. The lowest BCUT2D eigenvalue weighted by Crippen LogP contribution is -2.30. The van der Waals surface area contributed by atoms with Crippen molar-refractivity contribution in [3.63, 3.8) is 0 Å². The summed E-state index contributed by atoms with van der Waals surface area (Å²) in [5.41, 5.74) is 0.911. The highest BCUT2D eigenvalue weighted by molar-refractivity contribution is 6.04. The molecule has 1 aromatic rings. The Labute approximate surface area is 118 Å². The Balaban J connectivity index is 1.99. The van der Waals surface area contributed by atoms with Crippen LogP contribution in [0.15, 0.2) is 24.3 Å². The van der Waals surface area contributed by atoms with Gasteiger partial charge in [-0.3, -0.25) is 9.69 Å². The Morgan fingerprint density at radius 3 is 2.45 bits per heavy atom. The fourth-order valence-electron chi connectivity index (χ4n) is 2.10. The number of ether oxygens (including phenoxy) is 1. The van der Waals surface area contributed by atoms with E-state index in [1.165, 1.54) is 4.90 Å². The summed E-state index contributed by atoms with van der Waals surface area (Å²) in [6.07, 6.45) is 1.58. The first-order valence-corrected chi connectivity index (χ1v) is 6.99. The van der Waals surface area contributed by atoms with Crippen molar-refractivity contribution in [3.05, 3.63) is 29.8 Å². The zero-order valence-corrected chi connectivity index (χ0v) is 11.9. The monoisotopic (exact) mass is 276 g/mol. The number of hydrogen-bond donors (Lipinski definition) is 1. The third-order valence-electron chi connectivity index (χ3n) is 3.25. The minimum Gasteiger partial charge on any atom is -0.494 e. The fourth-order valence-corrected chi connectivity index (χ4v) is 2.10. The fraction of sp³-hybridized carbons (Fsp3) is 0.467. The Bertz CT molecular complexity index is 484. The van der Waals surface area contributed by atoms with E-state index in [9.17, 15) is 9.59 Å². The summed E-state index contributed by atoms with van der Waals surface area (Å²) in [7, 11) is 0. The van der Waals surface area contributed by atoms with Crippen molar-refractivity contribution in [1.82, 2.24) is 10.2 Å². The van der Waals surface area contributed by atoms with E-state index in [-0.39, 0.29) is 18.0 Å². The van der Waals surface area contributed by atoms with Gasteiger partial charge in [-0.15, -0.1) is 0 Å². The van der Waals surface area contributed by atoms with E-state index in [0.29, 0.717) is 19.6 Å². The van der Waals surface area contributed by atoms with Crippen LogP contribution in [0.5, 0.6) is 5.75 Å². The van der Waals surface area contributed by atoms with Gasteiger partial charge in [0.25, 0.3) is 5.91 Å². The first-order valence-electron chi connectivity index (χ1n) is 6.99. The van der Waals surface area contributed by atoms with Gasteiger partial charge in [0, 0.05) is 0 Å². The van der Waals surface area contributed by atoms with Crippen molar-refractivity contribution in [3.8, 4) is 5.75 Å². The van der Waals surface area contributed by atoms with E-state index >= 15 is 0 Å². The number of imide groups is 1. The van der Waals surface area contributed by atoms with E-state index in [1.54, 1.807) is 0 Å². The topological polar surface area (TPSA) is 58.6 Å². The quantitative estimate of drug-likeness (QED) is 0.811. The largest absolute Gasteiger partial charge is 0.494 e. The molecule has 1 aliphatic heterocycles. The van der Waals surface area contributed by atoms with Gasteiger partial charge >= 0.3 is 6.03 Å². The molecule has 3 amide bonds. The van der Waals surface area contributed by atoms with Crippen molar-refractivity contribution >= 4 is 11.9 Å². The Morgan fingerprint density at radius 2 is 1.90 bits per heavy atom. The van der Waals surface area contributed by atoms with Crippen LogP contribution in [-0.2, 0) is 11.3 Å². The Hall–Kier alpha value is -2.04. The van der Waals surface area contributed by atoms with Gasteiger partial charge in [0.2, 0.25) is 0 Å². The van der Waals surface area contributed by atoms with Gasteiger partial charge in [0.15, 0.2) is 0 Å². The number of hydrogen-bond acceptors (Lipinski definition) is 3. The molecule has 2 rings (SSSR count). The molecule has 5 nitrogen and oxygen atoms in total. The Kier molecular flexibility index (Phi) is 4.61. The molecule has 0 spiro atoms. The van der Waals surface area contributed by atoms with Gasteiger partial charge in [-0.1, -0.05) is 26.0 Å². The molecule has 1 heterocycles. The average Bonchev–Trinajstić information content (AvgIpc) is 2.74. The van der Waals surface area contributed by atoms with Gasteiger partial charge < -0.3 is 10.1 Å². The molecule has 1 N–H and O–H groups in total. The molecule has 0 aromatic heterocycles. The zero-order chi connectivity index (χ0) is 14.5. The molecule has 0 saturated carbocycles.